The topological polar surface area (TPSA) is 42.2 Å². The summed E-state index contributed by atoms with van der Waals surface area (Å²) in [5.41, 5.74) is 1.39. The second-order valence-electron chi connectivity index (χ2n) is 3.97. The fraction of sp³-hybridized carbons (Fsp3) is 0.133. The number of nitriles is 1. The number of alkyl halides is 1. The van der Waals surface area contributed by atoms with Crippen molar-refractivity contribution < 1.29 is 9.47 Å². The van der Waals surface area contributed by atoms with Gasteiger partial charge in [0.25, 0.3) is 0 Å². The Bertz CT molecular complexity index is 667. The van der Waals surface area contributed by atoms with Crippen molar-refractivity contribution in [3.8, 4) is 23.3 Å². The van der Waals surface area contributed by atoms with Gasteiger partial charge in [0.2, 0.25) is 0 Å². The van der Waals surface area contributed by atoms with Crippen LogP contribution >= 0.6 is 27.5 Å². The van der Waals surface area contributed by atoms with Crippen molar-refractivity contribution in [3.63, 3.8) is 0 Å². The molecule has 0 amide bonds. The van der Waals surface area contributed by atoms with Gasteiger partial charge in [0, 0.05) is 17.0 Å². The molecule has 0 aliphatic rings. The third-order valence-electron chi connectivity index (χ3n) is 2.66. The van der Waals surface area contributed by atoms with Crippen molar-refractivity contribution in [2.45, 2.75) is 5.33 Å². The first-order valence-electron chi connectivity index (χ1n) is 5.78. The predicted molar refractivity (Wildman–Crippen MR) is 81.9 cm³/mol. The average molecular weight is 353 g/mol. The van der Waals surface area contributed by atoms with Gasteiger partial charge in [-0.1, -0.05) is 39.7 Å². The number of para-hydroxylation sites is 1. The number of methoxy groups -OCH3 is 1. The highest BCUT2D eigenvalue weighted by Crippen LogP contribution is 2.35. The molecule has 102 valence electrons. The van der Waals surface area contributed by atoms with Gasteiger partial charge in [-0.15, -0.1) is 0 Å². The molecular formula is C15H11BrClNO2. The second-order valence-corrected chi connectivity index (χ2v) is 4.94. The Hall–Kier alpha value is -1.70. The number of benzene rings is 2. The summed E-state index contributed by atoms with van der Waals surface area (Å²) in [4.78, 5) is 0. The van der Waals surface area contributed by atoms with Gasteiger partial charge >= 0.3 is 0 Å². The summed E-state index contributed by atoms with van der Waals surface area (Å²) < 4.78 is 11.0. The van der Waals surface area contributed by atoms with Crippen molar-refractivity contribution in [3.05, 3.63) is 52.5 Å². The lowest BCUT2D eigenvalue weighted by atomic mass is 10.2. The van der Waals surface area contributed by atoms with Crippen LogP contribution in [-0.4, -0.2) is 7.11 Å². The predicted octanol–water partition coefficient (Wildman–Crippen LogP) is 4.91. The molecule has 2 rings (SSSR count). The summed E-state index contributed by atoms with van der Waals surface area (Å²) in [6.07, 6.45) is 0. The number of hydrogen-bond donors (Lipinski definition) is 0. The number of ether oxygens (including phenoxy) is 2. The van der Waals surface area contributed by atoms with E-state index in [9.17, 15) is 0 Å². The Kier molecular flexibility index (Phi) is 4.89. The highest BCUT2D eigenvalue weighted by atomic mass is 79.9. The summed E-state index contributed by atoms with van der Waals surface area (Å²) in [6, 6.07) is 12.6. The van der Waals surface area contributed by atoms with Gasteiger partial charge in [-0.3, -0.25) is 0 Å². The van der Waals surface area contributed by atoms with Crippen LogP contribution in [0.5, 0.6) is 17.2 Å². The molecular weight excluding hydrogens is 342 g/mol. The fourth-order valence-corrected chi connectivity index (χ4v) is 2.38. The van der Waals surface area contributed by atoms with Crippen molar-refractivity contribution in [2.24, 2.45) is 0 Å². The fourth-order valence-electron chi connectivity index (χ4n) is 1.70. The molecule has 3 nitrogen and oxygen atoms in total. The van der Waals surface area contributed by atoms with Crippen LogP contribution in [0.2, 0.25) is 5.02 Å². The van der Waals surface area contributed by atoms with E-state index in [0.717, 1.165) is 5.56 Å². The first kappa shape index (κ1) is 14.7. The van der Waals surface area contributed by atoms with E-state index < -0.39 is 0 Å². The molecule has 0 saturated carbocycles. The summed E-state index contributed by atoms with van der Waals surface area (Å²) in [5, 5.41) is 10.1. The molecule has 2 aromatic carbocycles. The normalized spacial score (nSPS) is 9.90. The summed E-state index contributed by atoms with van der Waals surface area (Å²) in [5.74, 6) is 1.64. The van der Waals surface area contributed by atoms with Crippen LogP contribution in [0.15, 0.2) is 36.4 Å². The van der Waals surface area contributed by atoms with Crippen LogP contribution in [0.3, 0.4) is 0 Å². The van der Waals surface area contributed by atoms with E-state index in [-0.39, 0.29) is 0 Å². The molecule has 0 saturated heterocycles. The van der Waals surface area contributed by atoms with E-state index in [2.05, 4.69) is 22.0 Å². The molecule has 0 unspecified atom stereocenters. The quantitative estimate of drug-likeness (QED) is 0.734. The molecule has 0 aliphatic heterocycles. The molecule has 0 spiro atoms. The molecule has 0 radical (unpaired) electrons. The molecule has 0 bridgehead atoms. The second kappa shape index (κ2) is 6.65. The van der Waals surface area contributed by atoms with Crippen LogP contribution < -0.4 is 9.47 Å². The maximum Gasteiger partial charge on any atom is 0.150 e. The molecule has 5 heteroatoms. The number of halogens is 2. The molecule has 0 N–H and O–H groups in total. The summed E-state index contributed by atoms with van der Waals surface area (Å²) >= 11 is 9.56. The van der Waals surface area contributed by atoms with E-state index in [4.69, 9.17) is 26.3 Å². The van der Waals surface area contributed by atoms with Gasteiger partial charge in [0.1, 0.15) is 17.2 Å². The zero-order valence-electron chi connectivity index (χ0n) is 10.7. The van der Waals surface area contributed by atoms with Crippen LogP contribution in [0.4, 0.5) is 0 Å². The minimum Gasteiger partial charge on any atom is -0.497 e. The number of hydrogen-bond acceptors (Lipinski definition) is 3. The Balaban J connectivity index is 2.42. The van der Waals surface area contributed by atoms with Gasteiger partial charge in [0.05, 0.1) is 23.8 Å². The summed E-state index contributed by atoms with van der Waals surface area (Å²) in [7, 11) is 1.54. The van der Waals surface area contributed by atoms with Crippen LogP contribution in [-0.2, 0) is 5.33 Å². The zero-order valence-corrected chi connectivity index (χ0v) is 13.0. The first-order valence-corrected chi connectivity index (χ1v) is 7.28. The smallest absolute Gasteiger partial charge is 0.150 e. The highest BCUT2D eigenvalue weighted by Gasteiger charge is 2.10. The van der Waals surface area contributed by atoms with E-state index >= 15 is 0 Å². The van der Waals surface area contributed by atoms with Crippen LogP contribution in [0.1, 0.15) is 11.1 Å². The lowest BCUT2D eigenvalue weighted by Gasteiger charge is -2.12. The van der Waals surface area contributed by atoms with E-state index in [1.807, 2.05) is 12.1 Å². The molecule has 0 atom stereocenters. The molecule has 0 heterocycles. The molecule has 0 aliphatic carbocycles. The van der Waals surface area contributed by atoms with Crippen molar-refractivity contribution in [1.29, 1.82) is 5.26 Å². The minimum absolute atomic E-state index is 0.465. The standard InChI is InChI=1S/C15H11BrClNO2/c1-19-12-5-10(9-18)6-13(7-12)20-15-11(8-16)3-2-4-14(15)17/h2-7H,8H2,1H3. The number of nitrogens with zero attached hydrogens (tertiary/aromatic N) is 1. The third kappa shape index (κ3) is 3.24. The molecule has 20 heavy (non-hydrogen) atoms. The Labute approximate surface area is 130 Å². The number of rotatable bonds is 4. The van der Waals surface area contributed by atoms with E-state index in [1.165, 1.54) is 0 Å². The largest absolute Gasteiger partial charge is 0.497 e. The molecule has 2 aromatic rings. The van der Waals surface area contributed by atoms with Gasteiger partial charge in [-0.2, -0.15) is 5.26 Å². The zero-order chi connectivity index (χ0) is 14.5. The van der Waals surface area contributed by atoms with Crippen molar-refractivity contribution in [1.82, 2.24) is 0 Å². The van der Waals surface area contributed by atoms with E-state index in [1.54, 1.807) is 31.4 Å². The van der Waals surface area contributed by atoms with Gasteiger partial charge < -0.3 is 9.47 Å². The van der Waals surface area contributed by atoms with Gasteiger partial charge in [-0.05, 0) is 18.2 Å². The molecule has 0 fully saturated rings. The van der Waals surface area contributed by atoms with E-state index in [0.29, 0.717) is 33.2 Å². The monoisotopic (exact) mass is 351 g/mol. The molecule has 0 aromatic heterocycles. The van der Waals surface area contributed by atoms with Crippen molar-refractivity contribution in [2.75, 3.05) is 7.11 Å². The lowest BCUT2D eigenvalue weighted by Crippen LogP contribution is -1.92. The lowest BCUT2D eigenvalue weighted by molar-refractivity contribution is 0.408. The Morgan fingerprint density at radius 2 is 2.00 bits per heavy atom. The SMILES string of the molecule is COc1cc(C#N)cc(Oc2c(Cl)cccc2CBr)c1. The van der Waals surface area contributed by atoms with Crippen LogP contribution in [0, 0.1) is 11.3 Å². The third-order valence-corrected chi connectivity index (χ3v) is 3.56. The summed E-state index contributed by atoms with van der Waals surface area (Å²) in [6.45, 7) is 0. The van der Waals surface area contributed by atoms with Crippen LogP contribution in [0.25, 0.3) is 0 Å². The Morgan fingerprint density at radius 3 is 2.65 bits per heavy atom. The maximum atomic E-state index is 9.01. The minimum atomic E-state index is 0.465. The first-order chi connectivity index (χ1) is 9.67. The maximum absolute atomic E-state index is 9.01. The Morgan fingerprint density at radius 1 is 1.25 bits per heavy atom. The average Bonchev–Trinajstić information content (AvgIpc) is 2.48. The van der Waals surface area contributed by atoms with Crippen molar-refractivity contribution >= 4 is 27.5 Å². The van der Waals surface area contributed by atoms with Gasteiger partial charge in [-0.25, -0.2) is 0 Å². The highest BCUT2D eigenvalue weighted by molar-refractivity contribution is 9.08. The van der Waals surface area contributed by atoms with Gasteiger partial charge in [0.15, 0.2) is 0 Å².